The van der Waals surface area contributed by atoms with Gasteiger partial charge in [0.1, 0.15) is 11.5 Å². The molecule has 0 saturated carbocycles. The zero-order valence-corrected chi connectivity index (χ0v) is 6.03. The maximum absolute atomic E-state index is 5.18. The minimum Gasteiger partial charge on any atom is -0.456 e. The minimum atomic E-state index is 0.646. The summed E-state index contributed by atoms with van der Waals surface area (Å²) in [7, 11) is 0. The number of rotatable bonds is 3. The van der Waals surface area contributed by atoms with Crippen molar-refractivity contribution in [2.45, 2.75) is 0 Å². The van der Waals surface area contributed by atoms with Crippen LogP contribution >= 0.6 is 0 Å². The summed E-state index contributed by atoms with van der Waals surface area (Å²) in [6, 6.07) is 3.59. The Bertz CT molecular complexity index is 286. The van der Waals surface area contributed by atoms with Gasteiger partial charge >= 0.3 is 0 Å². The monoisotopic (exact) mass is 148 g/mol. The van der Waals surface area contributed by atoms with E-state index in [0.717, 1.165) is 5.76 Å². The van der Waals surface area contributed by atoms with Gasteiger partial charge in [0.25, 0.3) is 0 Å². The molecule has 0 unspecified atom stereocenters. The molecule has 0 amide bonds. The molecule has 3 heteroatoms. The summed E-state index contributed by atoms with van der Waals surface area (Å²) in [6.45, 7) is 6.74. The Morgan fingerprint density at radius 3 is 2.64 bits per heavy atom. The van der Waals surface area contributed by atoms with Gasteiger partial charge < -0.3 is 4.42 Å². The molecule has 0 atom stereocenters. The van der Waals surface area contributed by atoms with Crippen LogP contribution in [-0.4, -0.2) is 12.9 Å². The van der Waals surface area contributed by atoms with Crippen LogP contribution in [0.1, 0.15) is 11.5 Å². The lowest BCUT2D eigenvalue weighted by atomic mass is 10.4. The lowest BCUT2D eigenvalue weighted by Gasteiger charge is -1.81. The van der Waals surface area contributed by atoms with Crippen molar-refractivity contribution < 1.29 is 4.42 Å². The Labute approximate surface area is 64.8 Å². The highest BCUT2D eigenvalue weighted by Crippen LogP contribution is 2.06. The summed E-state index contributed by atoms with van der Waals surface area (Å²) < 4.78 is 5.18. The van der Waals surface area contributed by atoms with E-state index in [4.69, 9.17) is 4.42 Å². The molecule has 56 valence electrons. The first-order valence-electron chi connectivity index (χ1n) is 3.08. The number of hydrogen-bond acceptors (Lipinski definition) is 3. The van der Waals surface area contributed by atoms with Gasteiger partial charge in [0.05, 0.1) is 6.21 Å². The number of hydrogen-bond donors (Lipinski definition) is 0. The van der Waals surface area contributed by atoms with Crippen molar-refractivity contribution >= 4 is 19.0 Å². The van der Waals surface area contributed by atoms with Crippen LogP contribution < -0.4 is 0 Å². The van der Waals surface area contributed by atoms with Crippen molar-refractivity contribution in [2.75, 3.05) is 0 Å². The van der Waals surface area contributed by atoms with Gasteiger partial charge in [-0.3, -0.25) is 0 Å². The van der Waals surface area contributed by atoms with E-state index < -0.39 is 0 Å². The molecule has 0 saturated heterocycles. The first kappa shape index (κ1) is 7.47. The highest BCUT2D eigenvalue weighted by Gasteiger charge is 1.93. The Hall–Kier alpha value is -1.64. The van der Waals surface area contributed by atoms with Crippen LogP contribution in [0.15, 0.2) is 33.3 Å². The van der Waals surface area contributed by atoms with Gasteiger partial charge in [0.15, 0.2) is 0 Å². The lowest BCUT2D eigenvalue weighted by Crippen LogP contribution is -1.70. The second-order valence-electron chi connectivity index (χ2n) is 1.83. The molecule has 0 spiro atoms. The van der Waals surface area contributed by atoms with E-state index in [9.17, 15) is 0 Å². The summed E-state index contributed by atoms with van der Waals surface area (Å²) in [4.78, 5) is 0. The van der Waals surface area contributed by atoms with Gasteiger partial charge in [0.2, 0.25) is 0 Å². The third-order valence-electron chi connectivity index (χ3n) is 1.12. The van der Waals surface area contributed by atoms with Gasteiger partial charge in [0, 0.05) is 6.72 Å². The normalized spacial score (nSPS) is 10.2. The Morgan fingerprint density at radius 2 is 2.09 bits per heavy atom. The van der Waals surface area contributed by atoms with Crippen molar-refractivity contribution in [3.8, 4) is 0 Å². The van der Waals surface area contributed by atoms with E-state index in [1.54, 1.807) is 18.2 Å². The van der Waals surface area contributed by atoms with Crippen molar-refractivity contribution in [3.05, 3.63) is 30.2 Å². The smallest absolute Gasteiger partial charge is 0.147 e. The van der Waals surface area contributed by atoms with E-state index >= 15 is 0 Å². The third kappa shape index (κ3) is 1.89. The van der Waals surface area contributed by atoms with Crippen LogP contribution in [0.4, 0.5) is 0 Å². The van der Waals surface area contributed by atoms with Crippen LogP contribution in [0.3, 0.4) is 0 Å². The van der Waals surface area contributed by atoms with E-state index in [-0.39, 0.29) is 0 Å². The highest BCUT2D eigenvalue weighted by molar-refractivity contribution is 5.76. The molecule has 11 heavy (non-hydrogen) atoms. The Kier molecular flexibility index (Phi) is 2.38. The molecule has 0 N–H and O–H groups in total. The highest BCUT2D eigenvalue weighted by atomic mass is 16.3. The van der Waals surface area contributed by atoms with Gasteiger partial charge in [-0.05, 0) is 18.2 Å². The lowest BCUT2D eigenvalue weighted by molar-refractivity contribution is 0.550. The molecule has 0 aliphatic rings. The zero-order valence-electron chi connectivity index (χ0n) is 6.03. The molecule has 1 aromatic rings. The molecule has 0 radical (unpaired) electrons. The Morgan fingerprint density at radius 1 is 1.36 bits per heavy atom. The van der Waals surface area contributed by atoms with Gasteiger partial charge in [-0.1, -0.05) is 6.58 Å². The van der Waals surface area contributed by atoms with E-state index in [2.05, 4.69) is 23.5 Å². The predicted octanol–water partition coefficient (Wildman–Crippen LogP) is 1.96. The predicted molar refractivity (Wildman–Crippen MR) is 45.9 cm³/mol. The van der Waals surface area contributed by atoms with Gasteiger partial charge in [-0.25, -0.2) is 0 Å². The van der Waals surface area contributed by atoms with Gasteiger partial charge in [-0.15, -0.1) is 0 Å². The van der Waals surface area contributed by atoms with Crippen molar-refractivity contribution in [2.24, 2.45) is 10.2 Å². The topological polar surface area (TPSA) is 37.9 Å². The largest absolute Gasteiger partial charge is 0.456 e. The van der Waals surface area contributed by atoms with E-state index in [1.165, 1.54) is 6.21 Å². The first-order valence-corrected chi connectivity index (χ1v) is 3.08. The summed E-state index contributed by atoms with van der Waals surface area (Å²) in [5.74, 6) is 1.36. The molecule has 3 nitrogen and oxygen atoms in total. The fraction of sp³-hybridized carbons (Fsp3) is 0. The molecule has 1 aromatic heterocycles. The van der Waals surface area contributed by atoms with Gasteiger partial charge in [-0.2, -0.15) is 10.2 Å². The molecule has 1 heterocycles. The van der Waals surface area contributed by atoms with Crippen LogP contribution in [0.5, 0.6) is 0 Å². The summed E-state index contributed by atoms with van der Waals surface area (Å²) in [5, 5.41) is 6.85. The summed E-state index contributed by atoms with van der Waals surface area (Å²) in [5.41, 5.74) is 0. The third-order valence-corrected chi connectivity index (χ3v) is 1.12. The fourth-order valence-corrected chi connectivity index (χ4v) is 0.645. The molecule has 0 aliphatic carbocycles. The molecular weight excluding hydrogens is 140 g/mol. The quantitative estimate of drug-likeness (QED) is 0.477. The molecule has 1 rings (SSSR count). The molecule has 0 aromatic carbocycles. The second kappa shape index (κ2) is 3.51. The van der Waals surface area contributed by atoms with Crippen molar-refractivity contribution in [1.29, 1.82) is 0 Å². The van der Waals surface area contributed by atoms with Crippen LogP contribution in [0.2, 0.25) is 0 Å². The summed E-state index contributed by atoms with van der Waals surface area (Å²) in [6.07, 6.45) is 3.11. The standard InChI is InChI=1S/C8H8N2O/c1-3-7-4-5-8(11-7)6-10-9-2/h3-6H,1-2H2. The minimum absolute atomic E-state index is 0.646. The average molecular weight is 148 g/mol. The molecule has 0 bridgehead atoms. The van der Waals surface area contributed by atoms with Crippen molar-refractivity contribution in [3.63, 3.8) is 0 Å². The van der Waals surface area contributed by atoms with Crippen LogP contribution in [0.25, 0.3) is 6.08 Å². The maximum atomic E-state index is 5.18. The second-order valence-corrected chi connectivity index (χ2v) is 1.83. The summed E-state index contributed by atoms with van der Waals surface area (Å²) >= 11 is 0. The van der Waals surface area contributed by atoms with E-state index in [0.29, 0.717) is 5.76 Å². The average Bonchev–Trinajstić information content (AvgIpc) is 2.48. The van der Waals surface area contributed by atoms with E-state index in [1.807, 2.05) is 0 Å². The maximum Gasteiger partial charge on any atom is 0.147 e. The van der Waals surface area contributed by atoms with Crippen molar-refractivity contribution in [1.82, 2.24) is 0 Å². The molecule has 0 fully saturated rings. The number of furan rings is 1. The Balaban J connectivity index is 2.80. The first-order chi connectivity index (χ1) is 5.36. The fourth-order valence-electron chi connectivity index (χ4n) is 0.645. The number of nitrogens with zero attached hydrogens (tertiary/aromatic N) is 2. The van der Waals surface area contributed by atoms with Crippen LogP contribution in [0, 0.1) is 0 Å². The SMILES string of the molecule is C=Cc1ccc(C=NN=C)o1. The molecule has 0 aliphatic heterocycles. The molecular formula is C8H8N2O. The zero-order chi connectivity index (χ0) is 8.10. The van der Waals surface area contributed by atoms with Crippen LogP contribution in [-0.2, 0) is 0 Å².